The predicted molar refractivity (Wildman–Crippen MR) is 111 cm³/mol. The highest BCUT2D eigenvalue weighted by molar-refractivity contribution is 14.1. The first-order valence-corrected chi connectivity index (χ1v) is 10.5. The van der Waals surface area contributed by atoms with Crippen LogP contribution in [-0.4, -0.2) is 14.2 Å². The lowest BCUT2D eigenvalue weighted by molar-refractivity contribution is 0.103. The van der Waals surface area contributed by atoms with Gasteiger partial charge in [0, 0.05) is 9.13 Å². The van der Waals surface area contributed by atoms with E-state index in [1.54, 1.807) is 24.3 Å². The third-order valence-electron chi connectivity index (χ3n) is 3.92. The van der Waals surface area contributed by atoms with Crippen LogP contribution in [0.2, 0.25) is 0 Å². The van der Waals surface area contributed by atoms with Gasteiger partial charge in [-0.05, 0) is 72.0 Å². The van der Waals surface area contributed by atoms with Gasteiger partial charge >= 0.3 is 0 Å². The summed E-state index contributed by atoms with van der Waals surface area (Å²) in [5.74, 6) is -1.25. The molecule has 4 nitrogen and oxygen atoms in total. The summed E-state index contributed by atoms with van der Waals surface area (Å²) in [6, 6.07) is 16.7. The number of benzene rings is 3. The van der Waals surface area contributed by atoms with Gasteiger partial charge in [0.2, 0.25) is 0 Å². The fraction of sp³-hybridized carbons (Fsp3) is 0.0500. The molecule has 0 heterocycles. The molecule has 0 amide bonds. The molecule has 0 aliphatic rings. The second kappa shape index (κ2) is 7.77. The van der Waals surface area contributed by atoms with E-state index < -0.39 is 21.6 Å². The van der Waals surface area contributed by atoms with Crippen molar-refractivity contribution in [2.75, 3.05) is 4.72 Å². The zero-order valence-corrected chi connectivity index (χ0v) is 17.2. The molecule has 3 aromatic carbocycles. The van der Waals surface area contributed by atoms with Crippen molar-refractivity contribution in [3.8, 4) is 0 Å². The van der Waals surface area contributed by atoms with E-state index in [9.17, 15) is 17.6 Å². The number of ketones is 1. The number of nitrogens with one attached hydrogen (secondary N) is 1. The second-order valence-electron chi connectivity index (χ2n) is 5.92. The molecule has 0 unspecified atom stereocenters. The number of hydrogen-bond acceptors (Lipinski definition) is 3. The molecule has 0 radical (unpaired) electrons. The van der Waals surface area contributed by atoms with Crippen LogP contribution in [0, 0.1) is 16.3 Å². The maximum absolute atomic E-state index is 14.0. The Morgan fingerprint density at radius 2 is 1.63 bits per heavy atom. The highest BCUT2D eigenvalue weighted by atomic mass is 127. The molecule has 1 N–H and O–H groups in total. The van der Waals surface area contributed by atoms with Crippen molar-refractivity contribution in [2.24, 2.45) is 0 Å². The molecule has 0 spiro atoms. The Balaban J connectivity index is 2.03. The highest BCUT2D eigenvalue weighted by Crippen LogP contribution is 2.26. The lowest BCUT2D eigenvalue weighted by Crippen LogP contribution is -2.16. The van der Waals surface area contributed by atoms with E-state index in [2.05, 4.69) is 4.72 Å². The molecule has 0 aromatic heterocycles. The number of halogens is 2. The number of rotatable bonds is 5. The summed E-state index contributed by atoms with van der Waals surface area (Å²) in [6.45, 7) is 1.86. The van der Waals surface area contributed by atoms with Crippen LogP contribution in [0.1, 0.15) is 21.5 Å². The minimum Gasteiger partial charge on any atom is -0.288 e. The van der Waals surface area contributed by atoms with Crippen molar-refractivity contribution >= 4 is 44.1 Å². The summed E-state index contributed by atoms with van der Waals surface area (Å²) in [4.78, 5) is 12.9. The van der Waals surface area contributed by atoms with Gasteiger partial charge in [0.25, 0.3) is 10.0 Å². The Hall–Kier alpha value is -2.26. The van der Waals surface area contributed by atoms with Crippen LogP contribution in [0.25, 0.3) is 0 Å². The topological polar surface area (TPSA) is 63.2 Å². The molecule has 0 aliphatic carbocycles. The summed E-state index contributed by atoms with van der Waals surface area (Å²) in [7, 11) is -3.89. The molecule has 0 saturated heterocycles. The standard InChI is InChI=1S/C20H15FINO3S/c1-13-6-9-15(10-7-13)27(25,26)23-19-11-8-14(22)12-17(19)20(24)16-4-2-3-5-18(16)21/h2-12,23H,1H3. The van der Waals surface area contributed by atoms with Gasteiger partial charge in [0.05, 0.1) is 16.1 Å². The zero-order chi connectivity index (χ0) is 19.6. The molecule has 0 bridgehead atoms. The van der Waals surface area contributed by atoms with Crippen LogP contribution in [0.5, 0.6) is 0 Å². The molecule has 3 aromatic rings. The van der Waals surface area contributed by atoms with Gasteiger partial charge in [0.1, 0.15) is 5.82 Å². The minimum atomic E-state index is -3.89. The van der Waals surface area contributed by atoms with Gasteiger partial charge in [0.15, 0.2) is 5.78 Å². The van der Waals surface area contributed by atoms with Crippen LogP contribution in [0.15, 0.2) is 71.6 Å². The van der Waals surface area contributed by atoms with Crippen LogP contribution in [0.4, 0.5) is 10.1 Å². The van der Waals surface area contributed by atoms with Crippen molar-refractivity contribution in [3.63, 3.8) is 0 Å². The second-order valence-corrected chi connectivity index (χ2v) is 8.85. The Kier molecular flexibility index (Phi) is 5.61. The summed E-state index contributed by atoms with van der Waals surface area (Å²) >= 11 is 2.01. The number of aryl methyl sites for hydroxylation is 1. The van der Waals surface area contributed by atoms with Crippen LogP contribution in [-0.2, 0) is 10.0 Å². The van der Waals surface area contributed by atoms with Crippen LogP contribution < -0.4 is 4.72 Å². The third-order valence-corrected chi connectivity index (χ3v) is 5.97. The monoisotopic (exact) mass is 495 g/mol. The summed E-state index contributed by atoms with van der Waals surface area (Å²) in [6.07, 6.45) is 0. The lowest BCUT2D eigenvalue weighted by atomic mass is 10.0. The Labute approximate surface area is 170 Å². The molecular weight excluding hydrogens is 480 g/mol. The SMILES string of the molecule is Cc1ccc(S(=O)(=O)Nc2ccc(I)cc2C(=O)c2ccccc2F)cc1. The first-order chi connectivity index (χ1) is 12.8. The van der Waals surface area contributed by atoms with Crippen molar-refractivity contribution in [1.82, 2.24) is 0 Å². The summed E-state index contributed by atoms with van der Waals surface area (Å²) < 4.78 is 42.6. The fourth-order valence-corrected chi connectivity index (χ4v) is 4.08. The summed E-state index contributed by atoms with van der Waals surface area (Å²) in [5, 5.41) is 0. The average Bonchev–Trinajstić information content (AvgIpc) is 2.63. The van der Waals surface area contributed by atoms with Crippen molar-refractivity contribution in [3.05, 3.63) is 92.8 Å². The van der Waals surface area contributed by atoms with Gasteiger partial charge in [-0.25, -0.2) is 12.8 Å². The van der Waals surface area contributed by atoms with E-state index in [1.165, 1.54) is 42.5 Å². The molecule has 0 atom stereocenters. The number of sulfonamides is 1. The van der Waals surface area contributed by atoms with E-state index in [1.807, 2.05) is 29.5 Å². The van der Waals surface area contributed by atoms with Gasteiger partial charge in [-0.2, -0.15) is 0 Å². The molecule has 0 saturated carbocycles. The van der Waals surface area contributed by atoms with Gasteiger partial charge < -0.3 is 0 Å². The Morgan fingerprint density at radius 3 is 2.30 bits per heavy atom. The minimum absolute atomic E-state index is 0.0796. The molecule has 138 valence electrons. The van der Waals surface area contributed by atoms with Crippen LogP contribution >= 0.6 is 22.6 Å². The average molecular weight is 495 g/mol. The van der Waals surface area contributed by atoms with E-state index in [-0.39, 0.29) is 21.7 Å². The smallest absolute Gasteiger partial charge is 0.261 e. The number of hydrogen-bond donors (Lipinski definition) is 1. The van der Waals surface area contributed by atoms with Crippen molar-refractivity contribution in [1.29, 1.82) is 0 Å². The first-order valence-electron chi connectivity index (χ1n) is 7.96. The number of carbonyl (C=O) groups is 1. The molecule has 27 heavy (non-hydrogen) atoms. The van der Waals surface area contributed by atoms with E-state index in [0.717, 1.165) is 9.13 Å². The van der Waals surface area contributed by atoms with Gasteiger partial charge in [-0.1, -0.05) is 29.8 Å². The zero-order valence-electron chi connectivity index (χ0n) is 14.2. The molecular formula is C20H15FINO3S. The first kappa shape index (κ1) is 19.5. The lowest BCUT2D eigenvalue weighted by Gasteiger charge is -2.13. The van der Waals surface area contributed by atoms with Crippen molar-refractivity contribution in [2.45, 2.75) is 11.8 Å². The van der Waals surface area contributed by atoms with E-state index in [4.69, 9.17) is 0 Å². The largest absolute Gasteiger partial charge is 0.288 e. The normalized spacial score (nSPS) is 11.2. The van der Waals surface area contributed by atoms with Gasteiger partial charge in [-0.15, -0.1) is 0 Å². The molecule has 7 heteroatoms. The Morgan fingerprint density at radius 1 is 0.963 bits per heavy atom. The molecule has 0 aliphatic heterocycles. The predicted octanol–water partition coefficient (Wildman–Crippen LogP) is 4.77. The van der Waals surface area contributed by atoms with E-state index in [0.29, 0.717) is 0 Å². The maximum Gasteiger partial charge on any atom is 0.261 e. The highest BCUT2D eigenvalue weighted by Gasteiger charge is 2.21. The molecule has 0 fully saturated rings. The van der Waals surface area contributed by atoms with Gasteiger partial charge in [-0.3, -0.25) is 9.52 Å². The number of carbonyl (C=O) groups excluding carboxylic acids is 1. The fourth-order valence-electron chi connectivity index (χ4n) is 2.50. The Bertz CT molecular complexity index is 1110. The molecule has 3 rings (SSSR count). The van der Waals surface area contributed by atoms with Crippen LogP contribution in [0.3, 0.4) is 0 Å². The van der Waals surface area contributed by atoms with Crippen molar-refractivity contribution < 1.29 is 17.6 Å². The number of anilines is 1. The van der Waals surface area contributed by atoms with E-state index >= 15 is 0 Å². The third kappa shape index (κ3) is 4.36. The summed E-state index contributed by atoms with van der Waals surface area (Å²) in [5.41, 5.74) is 1.00. The maximum atomic E-state index is 14.0. The quantitative estimate of drug-likeness (QED) is 0.410.